The van der Waals surface area contributed by atoms with E-state index in [0.717, 1.165) is 78.6 Å². The van der Waals surface area contributed by atoms with Crippen LogP contribution in [0.5, 0.6) is 23.0 Å². The van der Waals surface area contributed by atoms with E-state index >= 15 is 0 Å². The third-order valence-corrected chi connectivity index (χ3v) is 9.28. The highest BCUT2D eigenvalue weighted by molar-refractivity contribution is 6.10. The largest absolute Gasteiger partial charge is 0.457 e. The number of imidazole rings is 1. The third-order valence-electron chi connectivity index (χ3n) is 9.28. The van der Waals surface area contributed by atoms with Gasteiger partial charge < -0.3 is 14.0 Å². The van der Waals surface area contributed by atoms with Crippen LogP contribution in [0.25, 0.3) is 50.0 Å². The Morgan fingerprint density at radius 2 is 1.52 bits per heavy atom. The zero-order valence-corrected chi connectivity index (χ0v) is 25.7. The minimum atomic E-state index is -0.234. The molecule has 6 nitrogen and oxygen atoms in total. The Morgan fingerprint density at radius 1 is 0.717 bits per heavy atom. The van der Waals surface area contributed by atoms with Gasteiger partial charge in [-0.3, -0.25) is 4.57 Å². The van der Waals surface area contributed by atoms with Crippen LogP contribution in [0.1, 0.15) is 25.0 Å². The van der Waals surface area contributed by atoms with Crippen LogP contribution < -0.4 is 9.47 Å². The maximum atomic E-state index is 6.74. The van der Waals surface area contributed by atoms with E-state index in [1.165, 1.54) is 5.56 Å². The van der Waals surface area contributed by atoms with Crippen molar-refractivity contribution in [2.75, 3.05) is 0 Å². The van der Waals surface area contributed by atoms with Crippen LogP contribution in [-0.4, -0.2) is 19.1 Å². The Hall–Kier alpha value is -5.88. The minimum Gasteiger partial charge on any atom is -0.457 e. The van der Waals surface area contributed by atoms with E-state index in [4.69, 9.17) is 19.4 Å². The lowest BCUT2D eigenvalue weighted by atomic mass is 9.75. The van der Waals surface area contributed by atoms with Crippen LogP contribution in [0.3, 0.4) is 0 Å². The number of nitrogens with zero attached hydrogens (tertiary/aromatic N) is 4. The van der Waals surface area contributed by atoms with Gasteiger partial charge >= 0.3 is 0 Å². The van der Waals surface area contributed by atoms with Gasteiger partial charge in [0.1, 0.15) is 28.7 Å². The molecule has 6 heteroatoms. The van der Waals surface area contributed by atoms with Crippen LogP contribution in [0.4, 0.5) is 0 Å². The molecule has 0 bridgehead atoms. The fraction of sp³-hybridized carbons (Fsp3) is 0.100. The van der Waals surface area contributed by atoms with E-state index in [-0.39, 0.29) is 5.41 Å². The first-order valence-electron chi connectivity index (χ1n) is 15.5. The zero-order valence-electron chi connectivity index (χ0n) is 25.7. The first-order valence-corrected chi connectivity index (χ1v) is 15.5. The molecule has 222 valence electrons. The molecule has 4 heterocycles. The lowest BCUT2D eigenvalue weighted by molar-refractivity contribution is 0.421. The van der Waals surface area contributed by atoms with Crippen molar-refractivity contribution in [3.63, 3.8) is 0 Å². The summed E-state index contributed by atoms with van der Waals surface area (Å²) >= 11 is 0. The lowest BCUT2D eigenvalue weighted by Gasteiger charge is -2.35. The molecule has 8 aromatic rings. The van der Waals surface area contributed by atoms with Gasteiger partial charge in [0, 0.05) is 52.2 Å². The van der Waals surface area contributed by atoms with Gasteiger partial charge in [-0.25, -0.2) is 9.97 Å². The van der Waals surface area contributed by atoms with Gasteiger partial charge in [0.05, 0.1) is 22.2 Å². The van der Waals surface area contributed by atoms with E-state index in [9.17, 15) is 0 Å². The highest BCUT2D eigenvalue weighted by Gasteiger charge is 2.36. The smallest absolute Gasteiger partial charge is 0.156 e. The summed E-state index contributed by atoms with van der Waals surface area (Å²) in [6.07, 6.45) is 1.84. The van der Waals surface area contributed by atoms with Crippen molar-refractivity contribution in [1.29, 1.82) is 0 Å². The van der Waals surface area contributed by atoms with Gasteiger partial charge in [-0.2, -0.15) is 0 Å². The topological polar surface area (TPSA) is 54.1 Å². The first kappa shape index (κ1) is 26.5. The number of pyridine rings is 1. The Morgan fingerprint density at radius 3 is 2.41 bits per heavy atom. The first-order chi connectivity index (χ1) is 22.5. The number of rotatable bonds is 4. The van der Waals surface area contributed by atoms with Gasteiger partial charge in [-0.1, -0.05) is 74.5 Å². The van der Waals surface area contributed by atoms with Crippen molar-refractivity contribution < 1.29 is 9.47 Å². The molecule has 0 unspecified atom stereocenters. The molecule has 9 rings (SSSR count). The molecule has 0 aliphatic carbocycles. The molecule has 5 aromatic carbocycles. The van der Waals surface area contributed by atoms with Crippen molar-refractivity contribution >= 4 is 33.0 Å². The SMILES string of the molecule is Cn1c(-c2cccc(Oc3cccc(-n4c5ncccc5c5ccc6c(c54)Oc4ccccc4C6(C)C)c3)c2)nc2ccccc21. The molecule has 0 fully saturated rings. The number of aromatic nitrogens is 4. The average molecular weight is 599 g/mol. The summed E-state index contributed by atoms with van der Waals surface area (Å²) in [6.45, 7) is 4.53. The molecule has 1 aliphatic rings. The van der Waals surface area contributed by atoms with Crippen LogP contribution >= 0.6 is 0 Å². The summed E-state index contributed by atoms with van der Waals surface area (Å²) in [6, 6.07) is 41.3. The molecule has 3 aromatic heterocycles. The Kier molecular flexibility index (Phi) is 5.66. The molecule has 46 heavy (non-hydrogen) atoms. The molecule has 0 saturated heterocycles. The van der Waals surface area contributed by atoms with E-state index in [2.05, 4.69) is 83.6 Å². The van der Waals surface area contributed by atoms with E-state index < -0.39 is 0 Å². The quantitative estimate of drug-likeness (QED) is 0.202. The van der Waals surface area contributed by atoms with Crippen LogP contribution in [0.2, 0.25) is 0 Å². The predicted molar refractivity (Wildman–Crippen MR) is 183 cm³/mol. The summed E-state index contributed by atoms with van der Waals surface area (Å²) < 4.78 is 17.6. The summed E-state index contributed by atoms with van der Waals surface area (Å²) in [5.74, 6) is 4.10. The predicted octanol–water partition coefficient (Wildman–Crippen LogP) is 9.96. The standard InChI is InChI=1S/C40H30N4O2/c1-40(2)31-16-4-7-19-35(31)46-37-32(40)21-20-29-30-15-10-22-41-39(30)44(36(29)37)26-12-9-14-28(24-26)45-27-13-8-11-25(23-27)38-42-33-17-5-6-18-34(33)43(38)3/h4-24H,1-3H3. The average Bonchev–Trinajstić information content (AvgIpc) is 3.60. The Bertz CT molecular complexity index is 2490. The highest BCUT2D eigenvalue weighted by atomic mass is 16.5. The number of aryl methyl sites for hydroxylation is 1. The van der Waals surface area contributed by atoms with E-state index in [0.29, 0.717) is 0 Å². The molecule has 0 amide bonds. The lowest BCUT2D eigenvalue weighted by Crippen LogP contribution is -2.24. The Balaban J connectivity index is 1.17. The van der Waals surface area contributed by atoms with Crippen molar-refractivity contribution in [2.24, 2.45) is 7.05 Å². The zero-order chi connectivity index (χ0) is 31.0. The highest BCUT2D eigenvalue weighted by Crippen LogP contribution is 2.52. The third kappa shape index (κ3) is 3.90. The minimum absolute atomic E-state index is 0.234. The van der Waals surface area contributed by atoms with E-state index in [1.54, 1.807) is 0 Å². The summed E-state index contributed by atoms with van der Waals surface area (Å²) in [5.41, 5.74) is 7.95. The molecule has 0 spiro atoms. The van der Waals surface area contributed by atoms with Crippen molar-refractivity contribution in [3.05, 3.63) is 139 Å². The van der Waals surface area contributed by atoms with Crippen molar-refractivity contribution in [3.8, 4) is 40.1 Å². The second-order valence-electron chi connectivity index (χ2n) is 12.4. The number of hydrogen-bond acceptors (Lipinski definition) is 4. The number of ether oxygens (including phenoxy) is 2. The molecule has 0 atom stereocenters. The second-order valence-corrected chi connectivity index (χ2v) is 12.4. The summed E-state index contributed by atoms with van der Waals surface area (Å²) in [7, 11) is 2.05. The van der Waals surface area contributed by atoms with Gasteiger partial charge in [-0.15, -0.1) is 0 Å². The van der Waals surface area contributed by atoms with Gasteiger partial charge in [0.15, 0.2) is 5.75 Å². The number of para-hydroxylation sites is 3. The van der Waals surface area contributed by atoms with Crippen LogP contribution in [0, 0.1) is 0 Å². The molecule has 1 aliphatic heterocycles. The molecule has 0 saturated carbocycles. The fourth-order valence-electron chi connectivity index (χ4n) is 7.00. The second kappa shape index (κ2) is 9.81. The molecule has 0 radical (unpaired) electrons. The normalized spacial score (nSPS) is 13.5. The maximum absolute atomic E-state index is 6.74. The molecular weight excluding hydrogens is 568 g/mol. The van der Waals surface area contributed by atoms with Crippen LogP contribution in [-0.2, 0) is 12.5 Å². The van der Waals surface area contributed by atoms with Gasteiger partial charge in [-0.05, 0) is 54.6 Å². The van der Waals surface area contributed by atoms with Crippen molar-refractivity contribution in [1.82, 2.24) is 19.1 Å². The molecule has 0 N–H and O–H groups in total. The fourth-order valence-corrected chi connectivity index (χ4v) is 7.00. The van der Waals surface area contributed by atoms with Gasteiger partial charge in [0.25, 0.3) is 0 Å². The monoisotopic (exact) mass is 598 g/mol. The number of benzene rings is 5. The summed E-state index contributed by atoms with van der Waals surface area (Å²) in [4.78, 5) is 9.75. The maximum Gasteiger partial charge on any atom is 0.156 e. The summed E-state index contributed by atoms with van der Waals surface area (Å²) in [5, 5.41) is 2.17. The number of hydrogen-bond donors (Lipinski definition) is 0. The van der Waals surface area contributed by atoms with Crippen molar-refractivity contribution in [2.45, 2.75) is 19.3 Å². The molecular formula is C40H30N4O2. The van der Waals surface area contributed by atoms with E-state index in [1.807, 2.05) is 73.9 Å². The van der Waals surface area contributed by atoms with Crippen LogP contribution in [0.15, 0.2) is 128 Å². The number of fused-ring (bicyclic) bond motifs is 7. The van der Waals surface area contributed by atoms with Gasteiger partial charge in [0.2, 0.25) is 0 Å². The Labute approximate surface area is 266 Å².